The van der Waals surface area contributed by atoms with Crippen LogP contribution in [-0.2, 0) is 0 Å². The molecule has 0 bridgehead atoms. The summed E-state index contributed by atoms with van der Waals surface area (Å²) in [4.78, 5) is 2.24. The van der Waals surface area contributed by atoms with E-state index in [4.69, 9.17) is 11.1 Å². The Labute approximate surface area is 85.6 Å². The topological polar surface area (TPSA) is 73.3 Å². The Morgan fingerprint density at radius 2 is 2.29 bits per heavy atom. The summed E-state index contributed by atoms with van der Waals surface area (Å²) in [5.41, 5.74) is 5.19. The van der Waals surface area contributed by atoms with Crippen LogP contribution in [0.15, 0.2) is 0 Å². The number of amidine groups is 1. The Kier molecular flexibility index (Phi) is 3.17. The predicted octanol–water partition coefficient (Wildman–Crippen LogP) is 0.546. The van der Waals surface area contributed by atoms with Gasteiger partial charge in [-0.25, -0.2) is 0 Å². The van der Waals surface area contributed by atoms with E-state index in [2.05, 4.69) is 11.8 Å². The molecule has 0 aliphatic carbocycles. The third kappa shape index (κ3) is 2.07. The van der Waals surface area contributed by atoms with Crippen molar-refractivity contribution in [2.45, 2.75) is 51.3 Å². The summed E-state index contributed by atoms with van der Waals surface area (Å²) in [5, 5.41) is 17.0. The van der Waals surface area contributed by atoms with E-state index < -0.39 is 0 Å². The van der Waals surface area contributed by atoms with E-state index in [1.165, 1.54) is 0 Å². The van der Waals surface area contributed by atoms with Crippen LogP contribution in [0.2, 0.25) is 0 Å². The number of hydrogen-bond donors (Lipinski definition) is 3. The Morgan fingerprint density at radius 3 is 2.64 bits per heavy atom. The molecule has 0 spiro atoms. The molecule has 4 N–H and O–H groups in total. The van der Waals surface area contributed by atoms with Crippen molar-refractivity contribution < 1.29 is 5.11 Å². The molecular formula is C10H21N3O. The first-order valence-corrected chi connectivity index (χ1v) is 5.13. The summed E-state index contributed by atoms with van der Waals surface area (Å²) in [6.45, 7) is 7.03. The van der Waals surface area contributed by atoms with E-state index >= 15 is 0 Å². The number of nitrogens with two attached hydrogens (primary N) is 1. The van der Waals surface area contributed by atoms with Crippen molar-refractivity contribution in [3.8, 4) is 0 Å². The fraction of sp³-hybridized carbons (Fsp3) is 0.900. The Bertz CT molecular complexity index is 227. The predicted molar refractivity (Wildman–Crippen MR) is 57.4 cm³/mol. The van der Waals surface area contributed by atoms with Gasteiger partial charge in [0, 0.05) is 24.5 Å². The van der Waals surface area contributed by atoms with Crippen LogP contribution in [-0.4, -0.2) is 40.1 Å². The van der Waals surface area contributed by atoms with Crippen molar-refractivity contribution in [3.63, 3.8) is 0 Å². The number of nitrogens with zero attached hydrogens (tertiary/aromatic N) is 1. The molecule has 4 nitrogen and oxygen atoms in total. The zero-order chi connectivity index (χ0) is 10.9. The van der Waals surface area contributed by atoms with Gasteiger partial charge in [-0.15, -0.1) is 0 Å². The number of rotatable bonds is 3. The monoisotopic (exact) mass is 199 g/mol. The fourth-order valence-corrected chi connectivity index (χ4v) is 2.31. The van der Waals surface area contributed by atoms with Crippen molar-refractivity contribution in [2.75, 3.05) is 6.54 Å². The van der Waals surface area contributed by atoms with Gasteiger partial charge in [0.1, 0.15) is 0 Å². The summed E-state index contributed by atoms with van der Waals surface area (Å²) in [6, 6.07) is 0.236. The number of aliphatic hydroxyl groups excluding tert-OH is 1. The van der Waals surface area contributed by atoms with Crippen LogP contribution in [0.3, 0.4) is 0 Å². The van der Waals surface area contributed by atoms with Crippen LogP contribution in [0.25, 0.3) is 0 Å². The van der Waals surface area contributed by atoms with E-state index in [0.717, 1.165) is 13.0 Å². The minimum absolute atomic E-state index is 0.186. The third-order valence-electron chi connectivity index (χ3n) is 3.25. The molecule has 2 atom stereocenters. The standard InChI is InChI=1S/C10H21N3O/c1-7(6-9(11)12)13-5-4-8(14)10(13,2)3/h7-8,14H,4-6H2,1-3H3,(H3,11,12). The van der Waals surface area contributed by atoms with Gasteiger partial charge in [0.05, 0.1) is 11.9 Å². The molecule has 1 saturated heterocycles. The molecule has 2 unspecified atom stereocenters. The van der Waals surface area contributed by atoms with Crippen molar-refractivity contribution in [2.24, 2.45) is 5.73 Å². The molecule has 1 rings (SSSR count). The summed E-state index contributed by atoms with van der Waals surface area (Å²) in [6.07, 6.45) is 1.13. The van der Waals surface area contributed by atoms with Crippen molar-refractivity contribution in [3.05, 3.63) is 0 Å². The molecular weight excluding hydrogens is 178 g/mol. The Hall–Kier alpha value is -0.610. The zero-order valence-electron chi connectivity index (χ0n) is 9.25. The van der Waals surface area contributed by atoms with Gasteiger partial charge in [-0.3, -0.25) is 10.3 Å². The molecule has 4 heteroatoms. The Morgan fingerprint density at radius 1 is 1.71 bits per heavy atom. The van der Waals surface area contributed by atoms with Crippen LogP contribution in [0.5, 0.6) is 0 Å². The van der Waals surface area contributed by atoms with Gasteiger partial charge in [0.2, 0.25) is 0 Å². The molecule has 0 aromatic heterocycles. The van der Waals surface area contributed by atoms with Crippen LogP contribution in [0, 0.1) is 5.41 Å². The molecule has 82 valence electrons. The molecule has 1 aliphatic heterocycles. The molecule has 0 radical (unpaired) electrons. The lowest BCUT2D eigenvalue weighted by molar-refractivity contribution is 0.0359. The van der Waals surface area contributed by atoms with Crippen LogP contribution in [0.1, 0.15) is 33.6 Å². The van der Waals surface area contributed by atoms with Gasteiger partial charge in [-0.1, -0.05) is 0 Å². The highest BCUT2D eigenvalue weighted by Crippen LogP contribution is 2.31. The molecule has 1 fully saturated rings. The van der Waals surface area contributed by atoms with E-state index in [-0.39, 0.29) is 23.5 Å². The summed E-state index contributed by atoms with van der Waals surface area (Å²) in [5.74, 6) is 0.217. The van der Waals surface area contributed by atoms with Gasteiger partial charge < -0.3 is 10.8 Å². The van der Waals surface area contributed by atoms with Gasteiger partial charge >= 0.3 is 0 Å². The van der Waals surface area contributed by atoms with Crippen molar-refractivity contribution in [1.82, 2.24) is 4.90 Å². The smallest absolute Gasteiger partial charge is 0.0920 e. The lowest BCUT2D eigenvalue weighted by Gasteiger charge is -2.38. The number of aliphatic hydroxyl groups is 1. The lowest BCUT2D eigenvalue weighted by atomic mass is 9.97. The van der Waals surface area contributed by atoms with Crippen LogP contribution in [0.4, 0.5) is 0 Å². The first kappa shape index (κ1) is 11.5. The minimum atomic E-state index is -0.267. The second-order valence-electron chi connectivity index (χ2n) is 4.73. The summed E-state index contributed by atoms with van der Waals surface area (Å²) in [7, 11) is 0. The maximum Gasteiger partial charge on any atom is 0.0920 e. The van der Waals surface area contributed by atoms with Gasteiger partial charge in [0.25, 0.3) is 0 Å². The second kappa shape index (κ2) is 3.87. The molecule has 0 aromatic carbocycles. The fourth-order valence-electron chi connectivity index (χ4n) is 2.31. The highest BCUT2D eigenvalue weighted by Gasteiger charge is 2.42. The van der Waals surface area contributed by atoms with Crippen LogP contribution >= 0.6 is 0 Å². The van der Waals surface area contributed by atoms with E-state index in [1.54, 1.807) is 0 Å². The molecule has 14 heavy (non-hydrogen) atoms. The SMILES string of the molecule is CC(CC(=N)N)N1CCC(O)C1(C)C. The highest BCUT2D eigenvalue weighted by molar-refractivity contribution is 5.77. The largest absolute Gasteiger partial charge is 0.391 e. The van der Waals surface area contributed by atoms with E-state index in [9.17, 15) is 5.11 Å². The zero-order valence-corrected chi connectivity index (χ0v) is 9.25. The minimum Gasteiger partial charge on any atom is -0.391 e. The molecule has 1 aliphatic rings. The molecule has 0 aromatic rings. The first-order valence-electron chi connectivity index (χ1n) is 5.13. The second-order valence-corrected chi connectivity index (χ2v) is 4.73. The first-order chi connectivity index (χ1) is 6.35. The van der Waals surface area contributed by atoms with Crippen LogP contribution < -0.4 is 5.73 Å². The molecule has 0 amide bonds. The lowest BCUT2D eigenvalue weighted by Crippen LogP contribution is -2.49. The van der Waals surface area contributed by atoms with Gasteiger partial charge in [-0.2, -0.15) is 0 Å². The Balaban J connectivity index is 2.65. The van der Waals surface area contributed by atoms with E-state index in [1.807, 2.05) is 13.8 Å². The number of nitrogens with one attached hydrogen (secondary N) is 1. The maximum atomic E-state index is 9.78. The number of hydrogen-bond acceptors (Lipinski definition) is 3. The third-order valence-corrected chi connectivity index (χ3v) is 3.25. The molecule has 1 heterocycles. The normalized spacial score (nSPS) is 29.0. The van der Waals surface area contributed by atoms with E-state index in [0.29, 0.717) is 6.42 Å². The van der Waals surface area contributed by atoms with Crippen molar-refractivity contribution in [1.29, 1.82) is 5.41 Å². The van der Waals surface area contributed by atoms with Gasteiger partial charge in [-0.05, 0) is 27.2 Å². The maximum absolute atomic E-state index is 9.78. The summed E-state index contributed by atoms with van der Waals surface area (Å²) >= 11 is 0. The highest BCUT2D eigenvalue weighted by atomic mass is 16.3. The average molecular weight is 199 g/mol. The quantitative estimate of drug-likeness (QED) is 0.459. The average Bonchev–Trinajstić information content (AvgIpc) is 2.26. The number of likely N-dealkylation sites (tertiary alicyclic amines) is 1. The van der Waals surface area contributed by atoms with Gasteiger partial charge in [0.15, 0.2) is 0 Å². The van der Waals surface area contributed by atoms with Crippen molar-refractivity contribution >= 4 is 5.84 Å². The summed E-state index contributed by atoms with van der Waals surface area (Å²) < 4.78 is 0. The molecule has 0 saturated carbocycles.